The maximum absolute atomic E-state index is 11.8. The lowest BCUT2D eigenvalue weighted by atomic mass is 9.84. The van der Waals surface area contributed by atoms with E-state index in [4.69, 9.17) is 5.11 Å². The van der Waals surface area contributed by atoms with Crippen LogP contribution in [0.4, 0.5) is 4.79 Å². The third-order valence-electron chi connectivity index (χ3n) is 3.49. The number of carbonyl (C=O) groups is 2. The van der Waals surface area contributed by atoms with Crippen molar-refractivity contribution in [3.8, 4) is 0 Å². The molecule has 5 nitrogen and oxygen atoms in total. The summed E-state index contributed by atoms with van der Waals surface area (Å²) in [7, 11) is 1.72. The molecular weight excluding hydrogens is 220 g/mol. The highest BCUT2D eigenvalue weighted by Gasteiger charge is 2.32. The minimum absolute atomic E-state index is 0.113. The fourth-order valence-corrected chi connectivity index (χ4v) is 2.09. The lowest BCUT2D eigenvalue weighted by Gasteiger charge is -2.32. The zero-order chi connectivity index (χ0) is 13.0. The Morgan fingerprint density at radius 2 is 1.88 bits per heavy atom. The van der Waals surface area contributed by atoms with Gasteiger partial charge in [0, 0.05) is 19.1 Å². The third kappa shape index (κ3) is 3.61. The topological polar surface area (TPSA) is 69.6 Å². The molecule has 2 unspecified atom stereocenters. The van der Waals surface area contributed by atoms with Crippen molar-refractivity contribution >= 4 is 12.0 Å². The zero-order valence-electron chi connectivity index (χ0n) is 10.8. The van der Waals surface area contributed by atoms with Gasteiger partial charge >= 0.3 is 12.0 Å². The maximum Gasteiger partial charge on any atom is 0.317 e. The predicted molar refractivity (Wildman–Crippen MR) is 64.8 cm³/mol. The standard InChI is InChI=1S/C12H22N2O3/c1-8(2)14(3)12(17)13-10-7-5-4-6-9(10)11(15)16/h8-10H,4-7H2,1-3H3,(H,13,17)(H,15,16). The number of carbonyl (C=O) groups excluding carboxylic acids is 1. The Morgan fingerprint density at radius 3 is 2.41 bits per heavy atom. The molecule has 2 atom stereocenters. The normalized spacial score (nSPS) is 24.5. The van der Waals surface area contributed by atoms with Gasteiger partial charge in [-0.25, -0.2) is 4.79 Å². The summed E-state index contributed by atoms with van der Waals surface area (Å²) in [5.41, 5.74) is 0. The molecule has 0 saturated heterocycles. The summed E-state index contributed by atoms with van der Waals surface area (Å²) in [4.78, 5) is 24.5. The quantitative estimate of drug-likeness (QED) is 0.791. The van der Waals surface area contributed by atoms with Gasteiger partial charge in [0.05, 0.1) is 5.92 Å². The van der Waals surface area contributed by atoms with Crippen LogP contribution in [0.25, 0.3) is 0 Å². The number of carboxylic acid groups (broad SMARTS) is 1. The molecule has 0 aromatic heterocycles. The van der Waals surface area contributed by atoms with Crippen molar-refractivity contribution in [1.82, 2.24) is 10.2 Å². The van der Waals surface area contributed by atoms with E-state index in [9.17, 15) is 9.59 Å². The van der Waals surface area contributed by atoms with E-state index in [0.717, 1.165) is 19.3 Å². The Kier molecular flexibility index (Phi) is 4.78. The highest BCUT2D eigenvalue weighted by Crippen LogP contribution is 2.24. The monoisotopic (exact) mass is 242 g/mol. The second-order valence-corrected chi connectivity index (χ2v) is 4.99. The first-order valence-electron chi connectivity index (χ1n) is 6.19. The van der Waals surface area contributed by atoms with Gasteiger partial charge in [0.1, 0.15) is 0 Å². The molecule has 98 valence electrons. The van der Waals surface area contributed by atoms with Gasteiger partial charge in [-0.15, -0.1) is 0 Å². The minimum Gasteiger partial charge on any atom is -0.481 e. The Balaban J connectivity index is 2.59. The van der Waals surface area contributed by atoms with E-state index < -0.39 is 11.9 Å². The van der Waals surface area contributed by atoms with E-state index in [1.807, 2.05) is 13.8 Å². The first-order chi connectivity index (χ1) is 7.93. The van der Waals surface area contributed by atoms with Crippen LogP contribution in [-0.2, 0) is 4.79 Å². The second-order valence-electron chi connectivity index (χ2n) is 4.99. The van der Waals surface area contributed by atoms with Crippen LogP contribution in [0.1, 0.15) is 39.5 Å². The Hall–Kier alpha value is -1.26. The fourth-order valence-electron chi connectivity index (χ4n) is 2.09. The molecule has 5 heteroatoms. The van der Waals surface area contributed by atoms with E-state index in [0.29, 0.717) is 6.42 Å². The lowest BCUT2D eigenvalue weighted by Crippen LogP contribution is -2.50. The van der Waals surface area contributed by atoms with Gasteiger partial charge < -0.3 is 15.3 Å². The van der Waals surface area contributed by atoms with Crippen LogP contribution in [-0.4, -0.2) is 41.1 Å². The van der Waals surface area contributed by atoms with Gasteiger partial charge in [0.2, 0.25) is 0 Å². The summed E-state index contributed by atoms with van der Waals surface area (Å²) in [5, 5.41) is 11.9. The fraction of sp³-hybridized carbons (Fsp3) is 0.833. The van der Waals surface area contributed by atoms with E-state index in [2.05, 4.69) is 5.32 Å². The molecule has 0 bridgehead atoms. The summed E-state index contributed by atoms with van der Waals surface area (Å²) in [6, 6.07) is -0.296. The summed E-state index contributed by atoms with van der Waals surface area (Å²) in [6.07, 6.45) is 3.34. The highest BCUT2D eigenvalue weighted by molar-refractivity contribution is 5.77. The number of urea groups is 1. The molecule has 0 radical (unpaired) electrons. The first-order valence-corrected chi connectivity index (χ1v) is 6.19. The number of nitrogens with one attached hydrogen (secondary N) is 1. The van der Waals surface area contributed by atoms with Gasteiger partial charge in [0.25, 0.3) is 0 Å². The number of aliphatic carboxylic acids is 1. The van der Waals surface area contributed by atoms with E-state index in [1.54, 1.807) is 11.9 Å². The van der Waals surface area contributed by atoms with Crippen LogP contribution in [0.2, 0.25) is 0 Å². The van der Waals surface area contributed by atoms with Crippen molar-refractivity contribution in [3.63, 3.8) is 0 Å². The Morgan fingerprint density at radius 1 is 1.29 bits per heavy atom. The largest absolute Gasteiger partial charge is 0.481 e. The summed E-state index contributed by atoms with van der Waals surface area (Å²) >= 11 is 0. The number of rotatable bonds is 3. The number of amides is 2. The van der Waals surface area contributed by atoms with Crippen molar-refractivity contribution in [2.75, 3.05) is 7.05 Å². The molecular formula is C12H22N2O3. The second kappa shape index (κ2) is 5.89. The molecule has 1 rings (SSSR count). The molecule has 1 aliphatic carbocycles. The molecule has 0 aromatic carbocycles. The maximum atomic E-state index is 11.8. The van der Waals surface area contributed by atoms with Crippen molar-refractivity contribution in [3.05, 3.63) is 0 Å². The Bertz CT molecular complexity index is 291. The molecule has 0 heterocycles. The Labute approximate surface area is 102 Å². The van der Waals surface area contributed by atoms with Crippen molar-refractivity contribution in [1.29, 1.82) is 0 Å². The number of hydrogen-bond donors (Lipinski definition) is 2. The van der Waals surface area contributed by atoms with Crippen molar-refractivity contribution < 1.29 is 14.7 Å². The van der Waals surface area contributed by atoms with E-state index >= 15 is 0 Å². The van der Waals surface area contributed by atoms with Crippen LogP contribution in [0, 0.1) is 5.92 Å². The highest BCUT2D eigenvalue weighted by atomic mass is 16.4. The van der Waals surface area contributed by atoms with E-state index in [-0.39, 0.29) is 18.1 Å². The minimum atomic E-state index is -0.804. The molecule has 2 amide bonds. The average molecular weight is 242 g/mol. The molecule has 0 aliphatic heterocycles. The average Bonchev–Trinajstić information content (AvgIpc) is 2.28. The number of nitrogens with zero attached hydrogens (tertiary/aromatic N) is 1. The first kappa shape index (κ1) is 13.8. The summed E-state index contributed by atoms with van der Waals surface area (Å²) in [6.45, 7) is 3.85. The van der Waals surface area contributed by atoms with Gasteiger partial charge in [-0.1, -0.05) is 12.8 Å². The molecule has 0 aromatic rings. The summed E-state index contributed by atoms with van der Waals surface area (Å²) in [5.74, 6) is -1.24. The van der Waals surface area contributed by atoms with Gasteiger partial charge in [0.15, 0.2) is 0 Å². The van der Waals surface area contributed by atoms with E-state index in [1.165, 1.54) is 0 Å². The van der Waals surface area contributed by atoms with Gasteiger partial charge in [-0.05, 0) is 26.7 Å². The zero-order valence-corrected chi connectivity index (χ0v) is 10.8. The number of hydrogen-bond acceptors (Lipinski definition) is 2. The number of carboxylic acids is 1. The van der Waals surface area contributed by atoms with Crippen LogP contribution < -0.4 is 5.32 Å². The molecule has 1 fully saturated rings. The van der Waals surface area contributed by atoms with Crippen LogP contribution in [0.5, 0.6) is 0 Å². The molecule has 0 spiro atoms. The molecule has 17 heavy (non-hydrogen) atoms. The van der Waals surface area contributed by atoms with Gasteiger partial charge in [-0.3, -0.25) is 4.79 Å². The predicted octanol–water partition coefficient (Wildman–Crippen LogP) is 1.68. The smallest absolute Gasteiger partial charge is 0.317 e. The third-order valence-corrected chi connectivity index (χ3v) is 3.49. The molecule has 1 saturated carbocycles. The lowest BCUT2D eigenvalue weighted by molar-refractivity contribution is -0.143. The van der Waals surface area contributed by atoms with Crippen LogP contribution in [0.15, 0.2) is 0 Å². The molecule has 1 aliphatic rings. The summed E-state index contributed by atoms with van der Waals surface area (Å²) < 4.78 is 0. The van der Waals surface area contributed by atoms with Crippen molar-refractivity contribution in [2.45, 2.75) is 51.6 Å². The van der Waals surface area contributed by atoms with Crippen molar-refractivity contribution in [2.24, 2.45) is 5.92 Å². The molecule has 2 N–H and O–H groups in total. The van der Waals surface area contributed by atoms with Crippen LogP contribution >= 0.6 is 0 Å². The SMILES string of the molecule is CC(C)N(C)C(=O)NC1CCCCC1C(=O)O. The van der Waals surface area contributed by atoms with Gasteiger partial charge in [-0.2, -0.15) is 0 Å². The van der Waals surface area contributed by atoms with Crippen LogP contribution in [0.3, 0.4) is 0 Å².